The van der Waals surface area contributed by atoms with Gasteiger partial charge in [0.25, 0.3) is 0 Å². The third-order valence-corrected chi connectivity index (χ3v) is 5.86. The Labute approximate surface area is 141 Å². The molecule has 0 amide bonds. The Morgan fingerprint density at radius 2 is 1.78 bits per heavy atom. The Balaban J connectivity index is 1.94. The second kappa shape index (κ2) is 8.27. The minimum absolute atomic E-state index is 0.0587. The number of piperidine rings is 1. The molecule has 0 aromatic heterocycles. The third-order valence-electron chi connectivity index (χ3n) is 4.33. The standard InChI is InChI=1S/C18H30N2O2S/c1-4-11-20-12-9-17(10-13-20)19-23(21,22)18-7-5-16(6-8-18)14-15(2)3/h5-8,15,17,19H,4,9-14H2,1-3H3. The van der Waals surface area contributed by atoms with Crippen molar-refractivity contribution in [2.45, 2.75) is 57.4 Å². The second-order valence-electron chi connectivity index (χ2n) is 6.98. The average molecular weight is 339 g/mol. The van der Waals surface area contributed by atoms with E-state index in [1.165, 1.54) is 5.56 Å². The van der Waals surface area contributed by atoms with Crippen LogP contribution in [-0.4, -0.2) is 39.0 Å². The molecule has 1 N–H and O–H groups in total. The summed E-state index contributed by atoms with van der Waals surface area (Å²) >= 11 is 0. The van der Waals surface area contributed by atoms with Gasteiger partial charge in [-0.05, 0) is 68.9 Å². The topological polar surface area (TPSA) is 49.4 Å². The second-order valence-corrected chi connectivity index (χ2v) is 8.69. The monoisotopic (exact) mass is 338 g/mol. The number of nitrogens with zero attached hydrogens (tertiary/aromatic N) is 1. The maximum atomic E-state index is 12.5. The summed E-state index contributed by atoms with van der Waals surface area (Å²) in [5.41, 5.74) is 1.19. The van der Waals surface area contributed by atoms with E-state index in [9.17, 15) is 8.42 Å². The van der Waals surface area contributed by atoms with Crippen molar-refractivity contribution < 1.29 is 8.42 Å². The summed E-state index contributed by atoms with van der Waals surface area (Å²) in [6, 6.07) is 7.37. The summed E-state index contributed by atoms with van der Waals surface area (Å²) < 4.78 is 27.9. The molecule has 1 fully saturated rings. The molecule has 130 valence electrons. The van der Waals surface area contributed by atoms with Gasteiger partial charge in [-0.15, -0.1) is 0 Å². The molecule has 0 bridgehead atoms. The summed E-state index contributed by atoms with van der Waals surface area (Å²) in [7, 11) is -3.40. The van der Waals surface area contributed by atoms with Gasteiger partial charge in [0.2, 0.25) is 10.0 Å². The molecule has 1 aromatic rings. The number of nitrogens with one attached hydrogen (secondary N) is 1. The zero-order chi connectivity index (χ0) is 16.9. The largest absolute Gasteiger partial charge is 0.303 e. The Morgan fingerprint density at radius 1 is 1.17 bits per heavy atom. The van der Waals surface area contributed by atoms with Crippen LogP contribution in [-0.2, 0) is 16.4 Å². The zero-order valence-electron chi connectivity index (χ0n) is 14.6. The van der Waals surface area contributed by atoms with Gasteiger partial charge in [0, 0.05) is 6.04 Å². The van der Waals surface area contributed by atoms with Gasteiger partial charge in [-0.3, -0.25) is 0 Å². The van der Waals surface area contributed by atoms with Crippen molar-refractivity contribution in [3.63, 3.8) is 0 Å². The van der Waals surface area contributed by atoms with Crippen LogP contribution in [0.2, 0.25) is 0 Å². The molecule has 0 aliphatic carbocycles. The lowest BCUT2D eigenvalue weighted by molar-refractivity contribution is 0.208. The first-order valence-electron chi connectivity index (χ1n) is 8.74. The molecule has 1 saturated heterocycles. The summed E-state index contributed by atoms with van der Waals surface area (Å²) in [6.45, 7) is 9.57. The lowest BCUT2D eigenvalue weighted by Gasteiger charge is -2.31. The first-order chi connectivity index (χ1) is 10.9. The molecule has 4 nitrogen and oxygen atoms in total. The van der Waals surface area contributed by atoms with Crippen LogP contribution in [0.3, 0.4) is 0 Å². The van der Waals surface area contributed by atoms with E-state index in [2.05, 4.69) is 30.4 Å². The molecule has 0 unspecified atom stereocenters. The molecule has 1 aliphatic heterocycles. The van der Waals surface area contributed by atoms with Crippen LogP contribution in [0.25, 0.3) is 0 Å². The summed E-state index contributed by atoms with van der Waals surface area (Å²) in [6.07, 6.45) is 3.91. The number of hydrogen-bond acceptors (Lipinski definition) is 3. The fraction of sp³-hybridized carbons (Fsp3) is 0.667. The minimum Gasteiger partial charge on any atom is -0.303 e. The number of hydrogen-bond donors (Lipinski definition) is 1. The normalized spacial score (nSPS) is 17.7. The van der Waals surface area contributed by atoms with Crippen LogP contribution in [0, 0.1) is 5.92 Å². The Morgan fingerprint density at radius 3 is 2.30 bits per heavy atom. The van der Waals surface area contributed by atoms with Gasteiger partial charge in [0.05, 0.1) is 4.90 Å². The summed E-state index contributed by atoms with van der Waals surface area (Å²) in [5, 5.41) is 0. The molecule has 0 spiro atoms. The van der Waals surface area contributed by atoms with Crippen LogP contribution >= 0.6 is 0 Å². The molecule has 1 aromatic carbocycles. The average Bonchev–Trinajstić information content (AvgIpc) is 2.49. The van der Waals surface area contributed by atoms with Crippen LogP contribution in [0.5, 0.6) is 0 Å². The van der Waals surface area contributed by atoms with E-state index in [4.69, 9.17) is 0 Å². The summed E-state index contributed by atoms with van der Waals surface area (Å²) in [5.74, 6) is 0.573. The molecule has 1 aliphatic rings. The van der Waals surface area contributed by atoms with Crippen molar-refractivity contribution in [3.8, 4) is 0 Å². The smallest absolute Gasteiger partial charge is 0.240 e. The lowest BCUT2D eigenvalue weighted by Crippen LogP contribution is -2.44. The van der Waals surface area contributed by atoms with E-state index < -0.39 is 10.0 Å². The Hall–Kier alpha value is -0.910. The molecule has 0 radical (unpaired) electrons. The van der Waals surface area contributed by atoms with Crippen molar-refractivity contribution in [1.29, 1.82) is 0 Å². The predicted molar refractivity (Wildman–Crippen MR) is 95.1 cm³/mol. The number of likely N-dealkylation sites (tertiary alicyclic amines) is 1. The highest BCUT2D eigenvalue weighted by molar-refractivity contribution is 7.89. The quantitative estimate of drug-likeness (QED) is 0.831. The van der Waals surface area contributed by atoms with E-state index in [-0.39, 0.29) is 6.04 Å². The van der Waals surface area contributed by atoms with Crippen LogP contribution in [0.4, 0.5) is 0 Å². The zero-order valence-corrected chi connectivity index (χ0v) is 15.4. The fourth-order valence-electron chi connectivity index (χ4n) is 3.15. The minimum atomic E-state index is -3.40. The van der Waals surface area contributed by atoms with Gasteiger partial charge >= 0.3 is 0 Å². The Kier molecular flexibility index (Phi) is 6.62. The van der Waals surface area contributed by atoms with E-state index in [0.29, 0.717) is 10.8 Å². The van der Waals surface area contributed by atoms with Crippen LogP contribution in [0.15, 0.2) is 29.2 Å². The maximum Gasteiger partial charge on any atom is 0.240 e. The number of sulfonamides is 1. The molecular formula is C18H30N2O2S. The van der Waals surface area contributed by atoms with E-state index in [0.717, 1.165) is 45.3 Å². The van der Waals surface area contributed by atoms with Gasteiger partial charge in [-0.1, -0.05) is 32.9 Å². The number of benzene rings is 1. The molecule has 5 heteroatoms. The van der Waals surface area contributed by atoms with Crippen molar-refractivity contribution in [2.24, 2.45) is 5.92 Å². The fourth-order valence-corrected chi connectivity index (χ4v) is 4.46. The van der Waals surface area contributed by atoms with Crippen LogP contribution < -0.4 is 4.72 Å². The number of rotatable bonds is 7. The van der Waals surface area contributed by atoms with Crippen LogP contribution in [0.1, 0.15) is 45.6 Å². The predicted octanol–water partition coefficient (Wildman–Crippen LogP) is 3.04. The first-order valence-corrected chi connectivity index (χ1v) is 10.2. The lowest BCUT2D eigenvalue weighted by atomic mass is 10.0. The highest BCUT2D eigenvalue weighted by Gasteiger charge is 2.24. The summed E-state index contributed by atoms with van der Waals surface area (Å²) in [4.78, 5) is 2.78. The molecule has 0 saturated carbocycles. The maximum absolute atomic E-state index is 12.5. The highest BCUT2D eigenvalue weighted by atomic mass is 32.2. The van der Waals surface area contributed by atoms with Gasteiger partial charge < -0.3 is 4.90 Å². The Bertz CT molecular complexity index is 574. The molecular weight excluding hydrogens is 308 g/mol. The van der Waals surface area contributed by atoms with Gasteiger partial charge in [0.1, 0.15) is 0 Å². The molecule has 0 atom stereocenters. The molecule has 2 rings (SSSR count). The van der Waals surface area contributed by atoms with Crippen molar-refractivity contribution in [1.82, 2.24) is 9.62 Å². The van der Waals surface area contributed by atoms with Crippen molar-refractivity contribution in [2.75, 3.05) is 19.6 Å². The SMILES string of the molecule is CCCN1CCC(NS(=O)(=O)c2ccc(CC(C)C)cc2)CC1. The molecule has 1 heterocycles. The van der Waals surface area contributed by atoms with E-state index in [1.807, 2.05) is 12.1 Å². The molecule has 23 heavy (non-hydrogen) atoms. The van der Waals surface area contributed by atoms with Gasteiger partial charge in [0.15, 0.2) is 0 Å². The van der Waals surface area contributed by atoms with Gasteiger partial charge in [-0.2, -0.15) is 0 Å². The van der Waals surface area contributed by atoms with Crippen molar-refractivity contribution in [3.05, 3.63) is 29.8 Å². The van der Waals surface area contributed by atoms with Gasteiger partial charge in [-0.25, -0.2) is 13.1 Å². The first kappa shape index (κ1) is 18.4. The highest BCUT2D eigenvalue weighted by Crippen LogP contribution is 2.17. The van der Waals surface area contributed by atoms with E-state index >= 15 is 0 Å². The van der Waals surface area contributed by atoms with Crippen molar-refractivity contribution >= 4 is 10.0 Å². The third kappa shape index (κ3) is 5.59. The van der Waals surface area contributed by atoms with E-state index in [1.54, 1.807) is 12.1 Å².